The first kappa shape index (κ1) is 20.6. The lowest BCUT2D eigenvalue weighted by Gasteiger charge is -2.18. The highest BCUT2D eigenvalue weighted by Gasteiger charge is 2.40. The van der Waals surface area contributed by atoms with E-state index in [9.17, 15) is 14.4 Å². The molecule has 2 aromatic rings. The van der Waals surface area contributed by atoms with Crippen molar-refractivity contribution in [1.82, 2.24) is 0 Å². The molecule has 7 heteroatoms. The lowest BCUT2D eigenvalue weighted by molar-refractivity contribution is -0.120. The fraction of sp³-hybridized carbons (Fsp3) is 0.227. The average Bonchev–Trinajstić information content (AvgIpc) is 2.92. The van der Waals surface area contributed by atoms with Crippen LogP contribution in [0, 0.1) is 13.8 Å². The van der Waals surface area contributed by atoms with Gasteiger partial charge in [0, 0.05) is 5.69 Å². The molecule has 0 saturated carbocycles. The van der Waals surface area contributed by atoms with E-state index in [-0.39, 0.29) is 28.6 Å². The number of imide groups is 1. The second-order valence-corrected chi connectivity index (χ2v) is 7.09. The van der Waals surface area contributed by atoms with E-state index in [1.165, 1.54) is 12.1 Å². The van der Waals surface area contributed by atoms with Crippen LogP contribution in [0.2, 0.25) is 0 Å². The van der Waals surface area contributed by atoms with Gasteiger partial charge >= 0.3 is 5.97 Å². The molecule has 0 bridgehead atoms. The molecular formula is C22H21ClN2O4. The number of hydrogen-bond acceptors (Lipinski definition) is 5. The Labute approximate surface area is 174 Å². The first-order valence-electron chi connectivity index (χ1n) is 9.24. The third-order valence-electron chi connectivity index (χ3n) is 4.61. The second-order valence-electron chi connectivity index (χ2n) is 6.71. The van der Waals surface area contributed by atoms with E-state index in [0.29, 0.717) is 12.1 Å². The third kappa shape index (κ3) is 4.03. The van der Waals surface area contributed by atoms with Crippen LogP contribution in [-0.2, 0) is 14.3 Å². The number of esters is 1. The maximum atomic E-state index is 13.0. The number of para-hydroxylation sites is 1. The van der Waals surface area contributed by atoms with Gasteiger partial charge in [-0.25, -0.2) is 9.69 Å². The SMILES string of the molecule is CCCOC(=O)c1ccccc1N1C(=O)C(Cl)=C(Nc2ccc(C)c(C)c2)C1=O. The van der Waals surface area contributed by atoms with E-state index in [4.69, 9.17) is 16.3 Å². The minimum Gasteiger partial charge on any atom is -0.462 e. The normalized spacial score (nSPS) is 13.9. The topological polar surface area (TPSA) is 75.7 Å². The van der Waals surface area contributed by atoms with Crippen molar-refractivity contribution >= 4 is 40.8 Å². The molecule has 0 atom stereocenters. The Bertz CT molecular complexity index is 1030. The van der Waals surface area contributed by atoms with E-state index < -0.39 is 17.8 Å². The number of amides is 2. The zero-order valence-electron chi connectivity index (χ0n) is 16.4. The first-order valence-corrected chi connectivity index (χ1v) is 9.62. The van der Waals surface area contributed by atoms with E-state index in [1.54, 1.807) is 18.2 Å². The van der Waals surface area contributed by atoms with Gasteiger partial charge in [0.25, 0.3) is 11.8 Å². The fourth-order valence-corrected chi connectivity index (χ4v) is 3.12. The number of halogens is 1. The molecule has 0 radical (unpaired) electrons. The predicted octanol–water partition coefficient (Wildman–Crippen LogP) is 4.31. The Morgan fingerprint density at radius 1 is 1.07 bits per heavy atom. The Balaban J connectivity index is 1.93. The first-order chi connectivity index (χ1) is 13.8. The molecule has 1 aliphatic rings. The molecule has 2 amide bonds. The van der Waals surface area contributed by atoms with Crippen molar-refractivity contribution in [3.63, 3.8) is 0 Å². The minimum atomic E-state index is -0.696. The third-order valence-corrected chi connectivity index (χ3v) is 4.96. The van der Waals surface area contributed by atoms with Crippen molar-refractivity contribution < 1.29 is 19.1 Å². The van der Waals surface area contributed by atoms with Crippen LogP contribution in [0.3, 0.4) is 0 Å². The van der Waals surface area contributed by atoms with Crippen molar-refractivity contribution in [2.24, 2.45) is 0 Å². The molecule has 0 spiro atoms. The Kier molecular flexibility index (Phi) is 6.03. The van der Waals surface area contributed by atoms with Gasteiger partial charge in [0.1, 0.15) is 10.7 Å². The summed E-state index contributed by atoms with van der Waals surface area (Å²) >= 11 is 6.19. The lowest BCUT2D eigenvalue weighted by Crippen LogP contribution is -2.33. The van der Waals surface area contributed by atoms with Crippen LogP contribution in [0.4, 0.5) is 11.4 Å². The number of nitrogens with zero attached hydrogens (tertiary/aromatic N) is 1. The minimum absolute atomic E-state index is 0.0309. The summed E-state index contributed by atoms with van der Waals surface area (Å²) < 4.78 is 5.17. The van der Waals surface area contributed by atoms with E-state index in [0.717, 1.165) is 16.0 Å². The van der Waals surface area contributed by atoms with Gasteiger partial charge in [0.15, 0.2) is 0 Å². The molecule has 2 aromatic carbocycles. The van der Waals surface area contributed by atoms with Gasteiger partial charge in [0.05, 0.1) is 17.9 Å². The molecule has 0 aromatic heterocycles. The van der Waals surface area contributed by atoms with Gasteiger partial charge < -0.3 is 10.1 Å². The zero-order valence-corrected chi connectivity index (χ0v) is 17.2. The summed E-state index contributed by atoms with van der Waals surface area (Å²) in [5.41, 5.74) is 3.00. The highest BCUT2D eigenvalue weighted by Crippen LogP contribution is 2.32. The van der Waals surface area contributed by atoms with Gasteiger partial charge in [-0.3, -0.25) is 9.59 Å². The van der Waals surface area contributed by atoms with Crippen LogP contribution in [0.5, 0.6) is 0 Å². The molecule has 1 N–H and O–H groups in total. The molecule has 6 nitrogen and oxygen atoms in total. The van der Waals surface area contributed by atoms with Crippen LogP contribution in [0.15, 0.2) is 53.2 Å². The van der Waals surface area contributed by atoms with Crippen LogP contribution >= 0.6 is 11.6 Å². The van der Waals surface area contributed by atoms with Crippen molar-refractivity contribution in [1.29, 1.82) is 0 Å². The predicted molar refractivity (Wildman–Crippen MR) is 112 cm³/mol. The van der Waals surface area contributed by atoms with E-state index in [1.807, 2.05) is 32.9 Å². The molecule has 0 fully saturated rings. The van der Waals surface area contributed by atoms with Crippen molar-refractivity contribution in [2.45, 2.75) is 27.2 Å². The molecule has 0 unspecified atom stereocenters. The fourth-order valence-electron chi connectivity index (χ4n) is 2.91. The van der Waals surface area contributed by atoms with Gasteiger partial charge in [-0.05, 0) is 55.7 Å². The van der Waals surface area contributed by atoms with Crippen LogP contribution in [0.1, 0.15) is 34.8 Å². The number of carbonyl (C=O) groups excluding carboxylic acids is 3. The van der Waals surface area contributed by atoms with Gasteiger partial charge in [-0.15, -0.1) is 0 Å². The highest BCUT2D eigenvalue weighted by molar-refractivity contribution is 6.53. The van der Waals surface area contributed by atoms with E-state index >= 15 is 0 Å². The summed E-state index contributed by atoms with van der Waals surface area (Å²) in [4.78, 5) is 39.1. The molecule has 0 saturated heterocycles. The number of benzene rings is 2. The number of hydrogen-bond donors (Lipinski definition) is 1. The number of ether oxygens (including phenoxy) is 1. The summed E-state index contributed by atoms with van der Waals surface area (Å²) in [7, 11) is 0. The molecule has 1 aliphatic heterocycles. The van der Waals surface area contributed by atoms with E-state index in [2.05, 4.69) is 5.32 Å². The molecule has 0 aliphatic carbocycles. The molecule has 3 rings (SSSR count). The van der Waals surface area contributed by atoms with Crippen LogP contribution in [-0.4, -0.2) is 24.4 Å². The molecule has 1 heterocycles. The maximum Gasteiger partial charge on any atom is 0.340 e. The van der Waals surface area contributed by atoms with Gasteiger partial charge in [-0.2, -0.15) is 0 Å². The summed E-state index contributed by atoms with van der Waals surface area (Å²) in [6.07, 6.45) is 0.660. The lowest BCUT2D eigenvalue weighted by atomic mass is 10.1. The van der Waals surface area contributed by atoms with Gasteiger partial charge in [0.2, 0.25) is 0 Å². The highest BCUT2D eigenvalue weighted by atomic mass is 35.5. The van der Waals surface area contributed by atoms with Crippen LogP contribution < -0.4 is 10.2 Å². The number of anilines is 2. The smallest absolute Gasteiger partial charge is 0.340 e. The standard InChI is InChI=1S/C22H21ClN2O4/c1-4-11-29-22(28)16-7-5-6-8-17(16)25-20(26)18(23)19(21(25)27)24-15-10-9-13(2)14(3)12-15/h5-10,12,24H,4,11H2,1-3H3. The summed E-state index contributed by atoms with van der Waals surface area (Å²) in [5.74, 6) is -1.93. The molecule has 150 valence electrons. The van der Waals surface area contributed by atoms with Crippen LogP contribution in [0.25, 0.3) is 0 Å². The summed E-state index contributed by atoms with van der Waals surface area (Å²) in [6, 6.07) is 11.9. The zero-order chi connectivity index (χ0) is 21.1. The van der Waals surface area contributed by atoms with Crippen molar-refractivity contribution in [3.8, 4) is 0 Å². The average molecular weight is 413 g/mol. The number of carbonyl (C=O) groups is 3. The van der Waals surface area contributed by atoms with Crippen molar-refractivity contribution in [3.05, 3.63) is 69.9 Å². The maximum absolute atomic E-state index is 13.0. The molecule has 29 heavy (non-hydrogen) atoms. The van der Waals surface area contributed by atoms with Gasteiger partial charge in [-0.1, -0.05) is 36.7 Å². The second kappa shape index (κ2) is 8.49. The number of aryl methyl sites for hydroxylation is 2. The Morgan fingerprint density at radius 2 is 1.79 bits per heavy atom. The summed E-state index contributed by atoms with van der Waals surface area (Å²) in [6.45, 7) is 6.04. The largest absolute Gasteiger partial charge is 0.462 e. The summed E-state index contributed by atoms with van der Waals surface area (Å²) in [5, 5.41) is 2.71. The van der Waals surface area contributed by atoms with Crippen molar-refractivity contribution in [2.75, 3.05) is 16.8 Å². The Hall–Kier alpha value is -3.12. The quantitative estimate of drug-likeness (QED) is 0.565. The molecular weight excluding hydrogens is 392 g/mol. The number of nitrogens with one attached hydrogen (secondary N) is 1. The number of rotatable bonds is 6. The Morgan fingerprint density at radius 3 is 2.48 bits per heavy atom. The monoisotopic (exact) mass is 412 g/mol.